The van der Waals surface area contributed by atoms with Crippen LogP contribution in [0.4, 0.5) is 11.4 Å². The van der Waals surface area contributed by atoms with Crippen LogP contribution < -0.4 is 0 Å². The maximum absolute atomic E-state index is 11.1. The number of non-ortho nitro benzene ring substituents is 1. The van der Waals surface area contributed by atoms with Crippen molar-refractivity contribution >= 4 is 17.6 Å². The average molecular weight is 412 g/mol. The maximum Gasteiger partial charge on any atom is 0.271 e. The van der Waals surface area contributed by atoms with E-state index < -0.39 is 0 Å². The third kappa shape index (κ3) is 3.92. The summed E-state index contributed by atoms with van der Waals surface area (Å²) in [7, 11) is 0. The molecule has 0 bridgehead atoms. The molecule has 0 atom stereocenters. The van der Waals surface area contributed by atoms with E-state index in [4.69, 9.17) is 0 Å². The summed E-state index contributed by atoms with van der Waals surface area (Å²) in [5, 5.41) is 11.1. The fourth-order valence-corrected chi connectivity index (χ4v) is 3.97. The van der Waals surface area contributed by atoms with E-state index in [0.29, 0.717) is 0 Å². The fraction of sp³-hybridized carbons (Fsp3) is 0.160. The van der Waals surface area contributed by atoms with Gasteiger partial charge < -0.3 is 9.13 Å². The molecule has 2 heterocycles. The summed E-state index contributed by atoms with van der Waals surface area (Å²) in [6, 6.07) is 21.1. The van der Waals surface area contributed by atoms with Gasteiger partial charge in [0.05, 0.1) is 16.3 Å². The fourth-order valence-electron chi connectivity index (χ4n) is 3.97. The number of nitro benzene ring substituents is 1. The summed E-state index contributed by atoms with van der Waals surface area (Å²) in [6.45, 7) is 8.17. The van der Waals surface area contributed by atoms with Gasteiger partial charge in [0, 0.05) is 52.4 Å². The highest BCUT2D eigenvalue weighted by molar-refractivity contribution is 5.84. The Morgan fingerprint density at radius 3 is 2.13 bits per heavy atom. The Morgan fingerprint density at radius 1 is 0.806 bits per heavy atom. The minimum atomic E-state index is -0.375. The van der Waals surface area contributed by atoms with E-state index in [1.165, 1.54) is 17.5 Å². The number of aryl methyl sites for hydroxylation is 3. The Hall–Kier alpha value is -3.93. The maximum atomic E-state index is 11.1. The second-order valence-corrected chi connectivity index (χ2v) is 7.66. The molecule has 0 N–H and O–H groups in total. The van der Waals surface area contributed by atoms with Crippen molar-refractivity contribution in [3.63, 3.8) is 0 Å². The topological polar surface area (TPSA) is 65.4 Å². The molecule has 4 rings (SSSR count). The van der Waals surface area contributed by atoms with Crippen molar-refractivity contribution in [2.45, 2.75) is 27.7 Å². The lowest BCUT2D eigenvalue weighted by Crippen LogP contribution is -2.00. The molecule has 31 heavy (non-hydrogen) atoms. The molecule has 6 heteroatoms. The molecule has 6 nitrogen and oxygen atoms in total. The molecule has 0 aliphatic rings. The van der Waals surface area contributed by atoms with E-state index in [0.717, 1.165) is 34.0 Å². The summed E-state index contributed by atoms with van der Waals surface area (Å²) in [6.07, 6.45) is 1.84. The highest BCUT2D eigenvalue weighted by Crippen LogP contribution is 2.24. The quantitative estimate of drug-likeness (QED) is 0.224. The molecule has 0 spiro atoms. The molecule has 0 saturated carbocycles. The van der Waals surface area contributed by atoms with Crippen LogP contribution in [0.15, 0.2) is 71.7 Å². The van der Waals surface area contributed by atoms with E-state index in [9.17, 15) is 10.1 Å². The molecule has 2 aromatic carbocycles. The Morgan fingerprint density at radius 2 is 1.48 bits per heavy atom. The van der Waals surface area contributed by atoms with Crippen LogP contribution >= 0.6 is 0 Å². The summed E-state index contributed by atoms with van der Waals surface area (Å²) in [5.41, 5.74) is 8.17. The number of hydrogen-bond donors (Lipinski definition) is 0. The van der Waals surface area contributed by atoms with Crippen LogP contribution in [-0.2, 0) is 0 Å². The van der Waals surface area contributed by atoms with Crippen molar-refractivity contribution in [2.24, 2.45) is 4.99 Å². The van der Waals surface area contributed by atoms with Crippen LogP contribution in [0.3, 0.4) is 0 Å². The lowest BCUT2D eigenvalue weighted by atomic mass is 10.2. The summed E-state index contributed by atoms with van der Waals surface area (Å²) < 4.78 is 4.22. The zero-order chi connectivity index (χ0) is 22.1. The third-order valence-electron chi connectivity index (χ3n) is 5.50. The van der Waals surface area contributed by atoms with Crippen molar-refractivity contribution in [2.75, 3.05) is 0 Å². The summed E-state index contributed by atoms with van der Waals surface area (Å²) in [4.78, 5) is 15.4. The number of rotatable bonds is 5. The highest BCUT2D eigenvalue weighted by Gasteiger charge is 2.13. The molecular weight excluding hydrogens is 388 g/mol. The largest absolute Gasteiger partial charge is 0.319 e. The van der Waals surface area contributed by atoms with Gasteiger partial charge in [-0.05, 0) is 76.2 Å². The first-order valence-electron chi connectivity index (χ1n) is 10.1. The summed E-state index contributed by atoms with van der Waals surface area (Å²) in [5.74, 6) is 0. The van der Waals surface area contributed by atoms with E-state index in [2.05, 4.69) is 47.7 Å². The smallest absolute Gasteiger partial charge is 0.271 e. The van der Waals surface area contributed by atoms with Crippen molar-refractivity contribution in [1.29, 1.82) is 0 Å². The Kier molecular flexibility index (Phi) is 5.29. The van der Waals surface area contributed by atoms with Gasteiger partial charge in [0.1, 0.15) is 0 Å². The molecule has 2 aromatic heterocycles. The predicted molar refractivity (Wildman–Crippen MR) is 124 cm³/mol. The Bertz CT molecular complexity index is 1270. The van der Waals surface area contributed by atoms with Crippen molar-refractivity contribution in [3.8, 4) is 11.4 Å². The number of benzene rings is 2. The number of aliphatic imine (C=N–C) groups is 1. The lowest BCUT2D eigenvalue weighted by Gasteiger charge is -2.09. The molecule has 0 unspecified atom stereocenters. The minimum absolute atomic E-state index is 0.0773. The number of nitro groups is 1. The normalized spacial score (nSPS) is 11.4. The Balaban J connectivity index is 1.61. The van der Waals surface area contributed by atoms with Gasteiger partial charge in [-0.15, -0.1) is 0 Å². The van der Waals surface area contributed by atoms with Crippen LogP contribution in [0.2, 0.25) is 0 Å². The van der Waals surface area contributed by atoms with E-state index in [1.807, 2.05) is 48.9 Å². The highest BCUT2D eigenvalue weighted by atomic mass is 16.6. The van der Waals surface area contributed by atoms with Crippen LogP contribution in [0, 0.1) is 37.8 Å². The molecule has 0 radical (unpaired) electrons. The standard InChI is InChI=1S/C25H24N4O2/c1-17-8-9-18(2)27(17)23-12-10-22(11-13-23)26-16-21-14-19(3)28(20(21)4)24-6-5-7-25(15-24)29(30)31/h5-16H,1-4H3. The molecule has 0 aliphatic carbocycles. The zero-order valence-electron chi connectivity index (χ0n) is 18.0. The first kappa shape index (κ1) is 20.3. The van der Waals surface area contributed by atoms with Gasteiger partial charge in [0.2, 0.25) is 0 Å². The van der Waals surface area contributed by atoms with Gasteiger partial charge in [-0.25, -0.2) is 0 Å². The minimum Gasteiger partial charge on any atom is -0.319 e. The van der Waals surface area contributed by atoms with Crippen molar-refractivity contribution in [3.05, 3.63) is 105 Å². The number of hydrogen-bond acceptors (Lipinski definition) is 3. The van der Waals surface area contributed by atoms with Crippen LogP contribution in [0.5, 0.6) is 0 Å². The van der Waals surface area contributed by atoms with Crippen LogP contribution in [-0.4, -0.2) is 20.3 Å². The SMILES string of the molecule is Cc1ccc(C)n1-c1ccc(N=Cc2cc(C)n(-c3cccc([N+](=O)[O-])c3)c2C)cc1. The number of aromatic nitrogens is 2. The first-order chi connectivity index (χ1) is 14.8. The van der Waals surface area contributed by atoms with Crippen LogP contribution in [0.25, 0.3) is 11.4 Å². The molecule has 4 aromatic rings. The van der Waals surface area contributed by atoms with Crippen LogP contribution in [0.1, 0.15) is 28.3 Å². The van der Waals surface area contributed by atoms with Gasteiger partial charge in [0.25, 0.3) is 5.69 Å². The van der Waals surface area contributed by atoms with Crippen molar-refractivity contribution < 1.29 is 4.92 Å². The van der Waals surface area contributed by atoms with E-state index in [1.54, 1.807) is 12.1 Å². The average Bonchev–Trinajstić information content (AvgIpc) is 3.24. The van der Waals surface area contributed by atoms with E-state index >= 15 is 0 Å². The second kappa shape index (κ2) is 8.07. The monoisotopic (exact) mass is 412 g/mol. The van der Waals surface area contributed by atoms with E-state index in [-0.39, 0.29) is 10.6 Å². The lowest BCUT2D eigenvalue weighted by molar-refractivity contribution is -0.384. The zero-order valence-corrected chi connectivity index (χ0v) is 18.0. The molecule has 0 saturated heterocycles. The summed E-state index contributed by atoms with van der Waals surface area (Å²) >= 11 is 0. The van der Waals surface area contributed by atoms with Gasteiger partial charge in [-0.1, -0.05) is 6.07 Å². The second-order valence-electron chi connectivity index (χ2n) is 7.66. The molecule has 156 valence electrons. The third-order valence-corrected chi connectivity index (χ3v) is 5.50. The molecule has 0 aliphatic heterocycles. The first-order valence-corrected chi connectivity index (χ1v) is 10.1. The van der Waals surface area contributed by atoms with Crippen molar-refractivity contribution in [1.82, 2.24) is 9.13 Å². The van der Waals surface area contributed by atoms with Gasteiger partial charge in [-0.3, -0.25) is 15.1 Å². The molecule has 0 amide bonds. The Labute approximate surface area is 181 Å². The molecule has 0 fully saturated rings. The van der Waals surface area contributed by atoms with Gasteiger partial charge in [0.15, 0.2) is 0 Å². The number of nitrogens with zero attached hydrogens (tertiary/aromatic N) is 4. The predicted octanol–water partition coefficient (Wildman–Crippen LogP) is 6.16. The van der Waals surface area contributed by atoms with Gasteiger partial charge in [-0.2, -0.15) is 0 Å². The van der Waals surface area contributed by atoms with Gasteiger partial charge >= 0.3 is 0 Å². The molecular formula is C25H24N4O2.